The molecule has 0 fully saturated rings. The minimum atomic E-state index is 0.933. The third-order valence-corrected chi connectivity index (χ3v) is 8.55. The molecule has 0 saturated heterocycles. The normalized spacial score (nSPS) is 11.6. The van der Waals surface area contributed by atoms with Gasteiger partial charge in [0.15, 0.2) is 0 Å². The second-order valence-corrected chi connectivity index (χ2v) is 10.9. The maximum absolute atomic E-state index is 4.51. The first-order valence-electron chi connectivity index (χ1n) is 13.1. The van der Waals surface area contributed by atoms with E-state index >= 15 is 0 Å². The molecular formula is C36H22N2S. The van der Waals surface area contributed by atoms with Gasteiger partial charge in [-0.1, -0.05) is 114 Å². The minimum Gasteiger partial charge on any atom is -0.138 e. The molecule has 1 aromatic heterocycles. The lowest BCUT2D eigenvalue weighted by molar-refractivity contribution is 1.10. The molecule has 0 aliphatic rings. The standard InChI is InChI=1S/C36H22N2S/c1-3-8-23(9-4-1)31-19-26-14-16-28-21-32(22-29-17-15-27(20-31)33(26)34(28)29)25-12-7-13-30(18-25)36-38-37-35(39-36)24-10-5-2-6-11-24/h1-22H. The third-order valence-electron chi connectivity index (χ3n) is 7.53. The summed E-state index contributed by atoms with van der Waals surface area (Å²) in [6, 6.07) is 47.9. The zero-order valence-electron chi connectivity index (χ0n) is 21.0. The van der Waals surface area contributed by atoms with Gasteiger partial charge in [-0.15, -0.1) is 10.2 Å². The minimum absolute atomic E-state index is 0.933. The molecule has 0 radical (unpaired) electrons. The Morgan fingerprint density at radius 2 is 0.769 bits per heavy atom. The molecule has 2 nitrogen and oxygen atoms in total. The number of rotatable bonds is 4. The molecular weight excluding hydrogens is 492 g/mol. The number of nitrogens with zero attached hydrogens (tertiary/aromatic N) is 2. The van der Waals surface area contributed by atoms with E-state index in [9.17, 15) is 0 Å². The maximum Gasteiger partial charge on any atom is 0.148 e. The first-order valence-corrected chi connectivity index (χ1v) is 13.9. The molecule has 1 heterocycles. The third kappa shape index (κ3) is 3.79. The van der Waals surface area contributed by atoms with Gasteiger partial charge >= 0.3 is 0 Å². The Morgan fingerprint density at radius 1 is 0.333 bits per heavy atom. The fourth-order valence-corrected chi connectivity index (χ4v) is 6.52. The summed E-state index contributed by atoms with van der Waals surface area (Å²) in [4.78, 5) is 0. The van der Waals surface area contributed by atoms with Crippen LogP contribution >= 0.6 is 11.3 Å². The van der Waals surface area contributed by atoms with Crippen molar-refractivity contribution in [3.8, 4) is 43.4 Å². The van der Waals surface area contributed by atoms with Crippen LogP contribution in [0.5, 0.6) is 0 Å². The van der Waals surface area contributed by atoms with Gasteiger partial charge in [0.1, 0.15) is 10.0 Å². The van der Waals surface area contributed by atoms with Crippen molar-refractivity contribution >= 4 is 43.7 Å². The smallest absolute Gasteiger partial charge is 0.138 e. The largest absolute Gasteiger partial charge is 0.148 e. The van der Waals surface area contributed by atoms with E-state index in [2.05, 4.69) is 125 Å². The van der Waals surface area contributed by atoms with Gasteiger partial charge in [0.05, 0.1) is 0 Å². The summed E-state index contributed by atoms with van der Waals surface area (Å²) in [5, 5.41) is 18.6. The highest BCUT2D eigenvalue weighted by molar-refractivity contribution is 7.17. The molecule has 0 unspecified atom stereocenters. The van der Waals surface area contributed by atoms with E-state index < -0.39 is 0 Å². The predicted molar refractivity (Wildman–Crippen MR) is 165 cm³/mol. The fraction of sp³-hybridized carbons (Fsp3) is 0. The molecule has 8 rings (SSSR count). The van der Waals surface area contributed by atoms with Gasteiger partial charge in [-0.3, -0.25) is 0 Å². The molecule has 0 N–H and O–H groups in total. The first-order chi connectivity index (χ1) is 19.3. The number of hydrogen-bond donors (Lipinski definition) is 0. The fourth-order valence-electron chi connectivity index (χ4n) is 5.67. The molecule has 0 bridgehead atoms. The van der Waals surface area contributed by atoms with Crippen LogP contribution in [0.3, 0.4) is 0 Å². The monoisotopic (exact) mass is 514 g/mol. The molecule has 0 saturated carbocycles. The van der Waals surface area contributed by atoms with Gasteiger partial charge in [0.25, 0.3) is 0 Å². The Labute approximate surface area is 230 Å². The van der Waals surface area contributed by atoms with Crippen LogP contribution in [0.15, 0.2) is 133 Å². The molecule has 0 amide bonds. The highest BCUT2D eigenvalue weighted by atomic mass is 32.1. The van der Waals surface area contributed by atoms with Crippen molar-refractivity contribution < 1.29 is 0 Å². The lowest BCUT2D eigenvalue weighted by atomic mass is 9.89. The van der Waals surface area contributed by atoms with E-state index in [1.54, 1.807) is 11.3 Å². The quantitative estimate of drug-likeness (QED) is 0.218. The molecule has 7 aromatic carbocycles. The first kappa shape index (κ1) is 22.2. The van der Waals surface area contributed by atoms with E-state index in [0.717, 1.165) is 21.1 Å². The Hall–Kier alpha value is -4.86. The van der Waals surface area contributed by atoms with Gasteiger partial charge < -0.3 is 0 Å². The van der Waals surface area contributed by atoms with Crippen molar-refractivity contribution in [2.75, 3.05) is 0 Å². The van der Waals surface area contributed by atoms with Crippen LogP contribution in [0.25, 0.3) is 75.7 Å². The molecule has 0 spiro atoms. The molecule has 0 aliphatic carbocycles. The second-order valence-electron chi connectivity index (χ2n) is 9.95. The van der Waals surface area contributed by atoms with Crippen molar-refractivity contribution in [1.29, 1.82) is 0 Å². The highest BCUT2D eigenvalue weighted by Crippen LogP contribution is 2.40. The zero-order chi connectivity index (χ0) is 25.8. The van der Waals surface area contributed by atoms with E-state index in [1.165, 1.54) is 54.6 Å². The summed E-state index contributed by atoms with van der Waals surface area (Å²) in [5.41, 5.74) is 7.08. The number of hydrogen-bond acceptors (Lipinski definition) is 3. The van der Waals surface area contributed by atoms with Crippen molar-refractivity contribution in [2.45, 2.75) is 0 Å². The zero-order valence-corrected chi connectivity index (χ0v) is 21.8. The lowest BCUT2D eigenvalue weighted by Gasteiger charge is -2.14. The molecule has 0 atom stereocenters. The van der Waals surface area contributed by atoms with Crippen molar-refractivity contribution in [3.63, 3.8) is 0 Å². The van der Waals surface area contributed by atoms with Crippen LogP contribution in [-0.2, 0) is 0 Å². The molecule has 3 heteroatoms. The van der Waals surface area contributed by atoms with E-state index in [-0.39, 0.29) is 0 Å². The number of aromatic nitrogens is 2. The number of benzene rings is 7. The Kier molecular flexibility index (Phi) is 5.04. The highest BCUT2D eigenvalue weighted by Gasteiger charge is 2.13. The van der Waals surface area contributed by atoms with E-state index in [0.29, 0.717) is 0 Å². The van der Waals surface area contributed by atoms with Gasteiger partial charge in [-0.2, -0.15) is 0 Å². The summed E-state index contributed by atoms with van der Waals surface area (Å²) in [5.74, 6) is 0. The Balaban J connectivity index is 1.22. The van der Waals surface area contributed by atoms with Crippen LogP contribution < -0.4 is 0 Å². The Bertz CT molecular complexity index is 2040. The molecule has 182 valence electrons. The van der Waals surface area contributed by atoms with Gasteiger partial charge in [-0.25, -0.2) is 0 Å². The van der Waals surface area contributed by atoms with E-state index in [1.807, 2.05) is 18.2 Å². The van der Waals surface area contributed by atoms with E-state index in [4.69, 9.17) is 0 Å². The van der Waals surface area contributed by atoms with Crippen LogP contribution in [0.1, 0.15) is 0 Å². The summed E-state index contributed by atoms with van der Waals surface area (Å²) in [7, 11) is 0. The second kappa shape index (κ2) is 8.87. The average Bonchev–Trinajstić information content (AvgIpc) is 3.51. The summed E-state index contributed by atoms with van der Waals surface area (Å²) in [6.07, 6.45) is 0. The van der Waals surface area contributed by atoms with Crippen LogP contribution in [0, 0.1) is 0 Å². The van der Waals surface area contributed by atoms with Gasteiger partial charge in [-0.05, 0) is 84.9 Å². The van der Waals surface area contributed by atoms with Crippen molar-refractivity contribution in [3.05, 3.63) is 133 Å². The lowest BCUT2D eigenvalue weighted by Crippen LogP contribution is -1.88. The van der Waals surface area contributed by atoms with Crippen LogP contribution in [-0.4, -0.2) is 10.2 Å². The topological polar surface area (TPSA) is 25.8 Å². The van der Waals surface area contributed by atoms with Gasteiger partial charge in [0, 0.05) is 11.1 Å². The SMILES string of the molecule is c1ccc(-c2cc3ccc4cc(-c5cccc(-c6nnc(-c7ccccc7)s6)c5)cc5ccc(c2)c3c45)cc1. The van der Waals surface area contributed by atoms with Crippen molar-refractivity contribution in [2.24, 2.45) is 0 Å². The molecule has 0 aliphatic heterocycles. The summed E-state index contributed by atoms with van der Waals surface area (Å²) in [6.45, 7) is 0. The van der Waals surface area contributed by atoms with Gasteiger partial charge in [0.2, 0.25) is 0 Å². The summed E-state index contributed by atoms with van der Waals surface area (Å²) < 4.78 is 0. The molecule has 8 aromatic rings. The van der Waals surface area contributed by atoms with Crippen LogP contribution in [0.2, 0.25) is 0 Å². The predicted octanol–water partition coefficient (Wildman–Crippen LogP) is 10.1. The van der Waals surface area contributed by atoms with Crippen molar-refractivity contribution in [1.82, 2.24) is 10.2 Å². The van der Waals surface area contributed by atoms with Crippen LogP contribution in [0.4, 0.5) is 0 Å². The maximum atomic E-state index is 4.51. The average molecular weight is 515 g/mol. The summed E-state index contributed by atoms with van der Waals surface area (Å²) >= 11 is 1.63. The Morgan fingerprint density at radius 3 is 1.33 bits per heavy atom. The molecule has 39 heavy (non-hydrogen) atoms.